The molecule has 1 unspecified atom stereocenters. The van der Waals surface area contributed by atoms with Gasteiger partial charge >= 0.3 is 12.1 Å². The third-order valence-corrected chi connectivity index (χ3v) is 6.78. The van der Waals surface area contributed by atoms with Crippen molar-refractivity contribution < 1.29 is 28.6 Å². The number of hydrogen-bond donors (Lipinski definition) is 2. The number of carbonyl (C=O) groups excluding carboxylic acids is 3. The molecule has 0 bridgehead atoms. The van der Waals surface area contributed by atoms with E-state index in [0.29, 0.717) is 0 Å². The number of fused-ring (bicyclic) bond motifs is 3. The summed E-state index contributed by atoms with van der Waals surface area (Å²) < 4.78 is 16.5. The van der Waals surface area contributed by atoms with E-state index in [0.717, 1.165) is 40.7 Å². The predicted octanol–water partition coefficient (Wildman–Crippen LogP) is 4.14. The molecule has 2 amide bonds. The molecule has 38 heavy (non-hydrogen) atoms. The molecule has 0 aromatic heterocycles. The summed E-state index contributed by atoms with van der Waals surface area (Å²) in [5.41, 5.74) is 5.41. The van der Waals surface area contributed by atoms with E-state index in [-0.39, 0.29) is 38.3 Å². The van der Waals surface area contributed by atoms with Gasteiger partial charge in [-0.25, -0.2) is 9.59 Å². The van der Waals surface area contributed by atoms with E-state index in [9.17, 15) is 14.4 Å². The Bertz CT molecular complexity index is 1250. The van der Waals surface area contributed by atoms with Crippen molar-refractivity contribution >= 4 is 18.0 Å². The molecule has 5 rings (SSSR count). The van der Waals surface area contributed by atoms with E-state index in [1.807, 2.05) is 66.7 Å². The average molecular weight is 515 g/mol. The molecule has 1 atom stereocenters. The molecule has 0 saturated heterocycles. The first-order valence-corrected chi connectivity index (χ1v) is 12.8. The molecule has 1 saturated carbocycles. The lowest BCUT2D eigenvalue weighted by Crippen LogP contribution is -2.40. The van der Waals surface area contributed by atoms with Crippen molar-refractivity contribution in [3.63, 3.8) is 0 Å². The van der Waals surface area contributed by atoms with Crippen LogP contribution < -0.4 is 10.6 Å². The van der Waals surface area contributed by atoms with Gasteiger partial charge in [0.05, 0.1) is 0 Å². The highest BCUT2D eigenvalue weighted by molar-refractivity contribution is 5.82. The van der Waals surface area contributed by atoms with Crippen LogP contribution in [-0.4, -0.2) is 44.0 Å². The maximum absolute atomic E-state index is 12.5. The largest absolute Gasteiger partial charge is 0.459 e. The van der Waals surface area contributed by atoms with E-state index < -0.39 is 24.1 Å². The Morgan fingerprint density at radius 3 is 2.08 bits per heavy atom. The van der Waals surface area contributed by atoms with Gasteiger partial charge in [-0.15, -0.1) is 0 Å². The van der Waals surface area contributed by atoms with Gasteiger partial charge in [0.1, 0.15) is 26.5 Å². The first-order valence-electron chi connectivity index (χ1n) is 12.8. The van der Waals surface area contributed by atoms with Crippen LogP contribution in [0.1, 0.15) is 35.4 Å². The summed E-state index contributed by atoms with van der Waals surface area (Å²) in [6, 6.07) is 25.6. The Balaban J connectivity index is 1.03. The van der Waals surface area contributed by atoms with Crippen LogP contribution in [0, 0.1) is 5.92 Å². The zero-order valence-corrected chi connectivity index (χ0v) is 20.9. The topological polar surface area (TPSA) is 103 Å². The minimum absolute atomic E-state index is 0.0589. The van der Waals surface area contributed by atoms with Crippen LogP contribution in [0.4, 0.5) is 4.79 Å². The predicted molar refractivity (Wildman–Crippen MR) is 140 cm³/mol. The van der Waals surface area contributed by atoms with Gasteiger partial charge in [0.15, 0.2) is 6.10 Å². The summed E-state index contributed by atoms with van der Waals surface area (Å²) in [5, 5.41) is 5.03. The molecule has 2 aliphatic rings. The van der Waals surface area contributed by atoms with E-state index >= 15 is 0 Å². The van der Waals surface area contributed by atoms with Crippen molar-refractivity contribution in [2.45, 2.75) is 31.5 Å². The molecule has 8 nitrogen and oxygen atoms in total. The van der Waals surface area contributed by atoms with Gasteiger partial charge in [-0.2, -0.15) is 0 Å². The third-order valence-electron chi connectivity index (χ3n) is 6.78. The fourth-order valence-corrected chi connectivity index (χ4v) is 4.68. The Labute approximate surface area is 221 Å². The zero-order valence-electron chi connectivity index (χ0n) is 20.9. The van der Waals surface area contributed by atoms with Crippen LogP contribution in [0.2, 0.25) is 0 Å². The van der Waals surface area contributed by atoms with Crippen molar-refractivity contribution in [1.82, 2.24) is 10.6 Å². The fourth-order valence-electron chi connectivity index (χ4n) is 4.68. The Kier molecular flexibility index (Phi) is 7.99. The molecule has 196 valence electrons. The molecular formula is C30H30N2O6. The van der Waals surface area contributed by atoms with Crippen LogP contribution in [-0.2, 0) is 30.4 Å². The number of alkyl carbamates (subject to hydrolysis) is 1. The number of esters is 1. The summed E-state index contributed by atoms with van der Waals surface area (Å²) in [5.74, 6) is -0.862. The number of ether oxygens (including phenoxy) is 3. The van der Waals surface area contributed by atoms with E-state index in [1.165, 1.54) is 0 Å². The van der Waals surface area contributed by atoms with Gasteiger partial charge in [-0.1, -0.05) is 78.9 Å². The molecule has 0 spiro atoms. The van der Waals surface area contributed by atoms with E-state index in [4.69, 9.17) is 14.2 Å². The monoisotopic (exact) mass is 514 g/mol. The number of nitrogens with one attached hydrogen (secondary N) is 2. The number of benzene rings is 3. The molecular weight excluding hydrogens is 484 g/mol. The third kappa shape index (κ3) is 6.20. The maximum atomic E-state index is 12.5. The van der Waals surface area contributed by atoms with Crippen LogP contribution in [0.15, 0.2) is 78.9 Å². The van der Waals surface area contributed by atoms with Crippen LogP contribution in [0.5, 0.6) is 0 Å². The minimum atomic E-state index is -0.728. The number of hydrogen-bond acceptors (Lipinski definition) is 6. The van der Waals surface area contributed by atoms with Gasteiger partial charge in [0.2, 0.25) is 5.91 Å². The van der Waals surface area contributed by atoms with Crippen molar-refractivity contribution in [2.75, 3.05) is 19.9 Å². The quantitative estimate of drug-likeness (QED) is 0.295. The second-order valence-corrected chi connectivity index (χ2v) is 9.44. The summed E-state index contributed by atoms with van der Waals surface area (Å²) in [6.07, 6.45) is 0.350. The zero-order chi connectivity index (χ0) is 26.3. The van der Waals surface area contributed by atoms with Crippen LogP contribution in [0.3, 0.4) is 0 Å². The number of rotatable bonds is 11. The van der Waals surface area contributed by atoms with E-state index in [2.05, 4.69) is 22.8 Å². The highest BCUT2D eigenvalue weighted by Crippen LogP contribution is 2.44. The second-order valence-electron chi connectivity index (χ2n) is 9.44. The standard InChI is InChI=1S/C30H30N2O6/c33-27(32-19-38-28(21-14-15-21)29(34)36-17-20-8-2-1-3-9-20)16-31-30(35)37-18-26-24-12-6-4-10-22(24)23-11-5-7-13-25(23)26/h1-13,21,26,28H,14-19H2,(H,31,35)(H,32,33). The molecule has 1 fully saturated rings. The molecule has 2 aliphatic carbocycles. The molecule has 0 heterocycles. The normalized spacial score (nSPS) is 14.6. The molecule has 0 radical (unpaired) electrons. The van der Waals surface area contributed by atoms with Crippen molar-refractivity contribution in [3.05, 3.63) is 95.6 Å². The first-order chi connectivity index (χ1) is 18.6. The smallest absolute Gasteiger partial charge is 0.407 e. The lowest BCUT2D eigenvalue weighted by Gasteiger charge is -2.17. The Morgan fingerprint density at radius 1 is 0.789 bits per heavy atom. The van der Waals surface area contributed by atoms with Crippen LogP contribution >= 0.6 is 0 Å². The van der Waals surface area contributed by atoms with Gasteiger partial charge in [-0.3, -0.25) is 4.79 Å². The van der Waals surface area contributed by atoms with Crippen molar-refractivity contribution in [1.29, 1.82) is 0 Å². The highest BCUT2D eigenvalue weighted by Gasteiger charge is 2.38. The average Bonchev–Trinajstić information content (AvgIpc) is 3.74. The van der Waals surface area contributed by atoms with Crippen molar-refractivity contribution in [3.8, 4) is 11.1 Å². The lowest BCUT2D eigenvalue weighted by molar-refractivity contribution is -0.161. The van der Waals surface area contributed by atoms with Crippen LogP contribution in [0.25, 0.3) is 11.1 Å². The second kappa shape index (κ2) is 11.9. The van der Waals surface area contributed by atoms with Gasteiger partial charge in [0, 0.05) is 5.92 Å². The number of carbonyl (C=O) groups is 3. The van der Waals surface area contributed by atoms with Crippen molar-refractivity contribution in [2.24, 2.45) is 5.92 Å². The molecule has 8 heteroatoms. The highest BCUT2D eigenvalue weighted by atomic mass is 16.6. The Hall–Kier alpha value is -4.17. The SMILES string of the molecule is O=C(CNC(=O)OCC1c2ccccc2-c2ccccc21)NCOC(C(=O)OCc1ccccc1)C1CC1. The van der Waals surface area contributed by atoms with E-state index in [1.54, 1.807) is 0 Å². The lowest BCUT2D eigenvalue weighted by atomic mass is 9.98. The van der Waals surface area contributed by atoms with Gasteiger partial charge in [-0.05, 0) is 46.6 Å². The van der Waals surface area contributed by atoms with Gasteiger partial charge in [0.25, 0.3) is 0 Å². The first kappa shape index (κ1) is 25.5. The molecule has 0 aliphatic heterocycles. The summed E-state index contributed by atoms with van der Waals surface area (Å²) >= 11 is 0. The summed E-state index contributed by atoms with van der Waals surface area (Å²) in [4.78, 5) is 37.0. The summed E-state index contributed by atoms with van der Waals surface area (Å²) in [6.45, 7) is -0.0964. The molecule has 3 aromatic rings. The maximum Gasteiger partial charge on any atom is 0.407 e. The Morgan fingerprint density at radius 2 is 1.42 bits per heavy atom. The molecule has 2 N–H and O–H groups in total. The molecule has 3 aromatic carbocycles. The minimum Gasteiger partial charge on any atom is -0.459 e. The number of amides is 2. The van der Waals surface area contributed by atoms with Gasteiger partial charge < -0.3 is 24.8 Å². The summed E-state index contributed by atoms with van der Waals surface area (Å²) in [7, 11) is 0. The fraction of sp³-hybridized carbons (Fsp3) is 0.300.